The van der Waals surface area contributed by atoms with Crippen LogP contribution in [-0.2, 0) is 0 Å². The lowest BCUT2D eigenvalue weighted by molar-refractivity contribution is 0.0724. The summed E-state index contributed by atoms with van der Waals surface area (Å²) in [4.78, 5) is 12.7. The van der Waals surface area contributed by atoms with Crippen molar-refractivity contribution in [3.63, 3.8) is 0 Å². The largest absolute Gasteiger partial charge is 0.461 e. The minimum atomic E-state index is -1.62. The van der Waals surface area contributed by atoms with E-state index in [1.165, 1.54) is 6.42 Å². The molecule has 22 heavy (non-hydrogen) atoms. The lowest BCUT2D eigenvalue weighted by atomic mass is 10.2. The third kappa shape index (κ3) is 4.11. The Kier molecular flexibility index (Phi) is 5.04. The number of amides is 1. The second-order valence-electron chi connectivity index (χ2n) is 8.34. The fourth-order valence-electron chi connectivity index (χ4n) is 2.69. The normalized spacial score (nSPS) is 17.5. The summed E-state index contributed by atoms with van der Waals surface area (Å²) in [6.45, 7) is 15.5. The summed E-state index contributed by atoms with van der Waals surface area (Å²) in [5.74, 6) is 0.492. The van der Waals surface area contributed by atoms with Gasteiger partial charge in [0.2, 0.25) is 0 Å². The molecule has 2 heterocycles. The third-order valence-corrected chi connectivity index (χ3v) is 7.81. The standard InChI is InChI=1S/C16H30N2O2Si2/c1-21(2,3)13-12-14(22(4,5)6)20-15(13)16(19)17-18-10-8-7-9-11-18/h12H,7-11H2,1-6H3,(H,17,19). The molecule has 2 rings (SSSR count). The number of nitrogens with one attached hydrogen (secondary N) is 1. The van der Waals surface area contributed by atoms with Gasteiger partial charge < -0.3 is 4.42 Å². The summed E-state index contributed by atoms with van der Waals surface area (Å²) in [5.41, 5.74) is 3.05. The van der Waals surface area contributed by atoms with Crippen molar-refractivity contribution < 1.29 is 9.21 Å². The van der Waals surface area contributed by atoms with Crippen LogP contribution >= 0.6 is 0 Å². The fourth-order valence-corrected chi connectivity index (χ4v) is 5.23. The Balaban J connectivity index is 2.27. The second-order valence-corrected chi connectivity index (χ2v) is 18.4. The number of rotatable bonds is 4. The second kappa shape index (κ2) is 6.33. The summed E-state index contributed by atoms with van der Waals surface area (Å²) in [5, 5.41) is 4.23. The van der Waals surface area contributed by atoms with E-state index in [4.69, 9.17) is 4.42 Å². The molecule has 1 N–H and O–H groups in total. The molecular weight excluding hydrogens is 308 g/mol. The van der Waals surface area contributed by atoms with Gasteiger partial charge in [-0.05, 0) is 24.1 Å². The van der Waals surface area contributed by atoms with E-state index >= 15 is 0 Å². The number of hydrazine groups is 1. The van der Waals surface area contributed by atoms with Gasteiger partial charge in [0, 0.05) is 13.1 Å². The Morgan fingerprint density at radius 1 is 1.05 bits per heavy atom. The molecule has 124 valence electrons. The van der Waals surface area contributed by atoms with Crippen LogP contribution < -0.4 is 16.0 Å². The fraction of sp³-hybridized carbons (Fsp3) is 0.688. The Morgan fingerprint density at radius 2 is 1.64 bits per heavy atom. The number of piperidine rings is 1. The van der Waals surface area contributed by atoms with E-state index in [0.717, 1.165) is 36.5 Å². The van der Waals surface area contributed by atoms with Crippen molar-refractivity contribution in [2.45, 2.75) is 58.5 Å². The van der Waals surface area contributed by atoms with Gasteiger partial charge in [-0.2, -0.15) is 0 Å². The predicted octanol–water partition coefficient (Wildman–Crippen LogP) is 2.50. The van der Waals surface area contributed by atoms with E-state index in [1.807, 2.05) is 5.01 Å². The van der Waals surface area contributed by atoms with Crippen molar-refractivity contribution >= 4 is 32.6 Å². The third-order valence-electron chi connectivity index (χ3n) is 4.10. The summed E-state index contributed by atoms with van der Waals surface area (Å²) < 4.78 is 6.07. The zero-order chi connectivity index (χ0) is 16.5. The van der Waals surface area contributed by atoms with E-state index in [2.05, 4.69) is 50.8 Å². The zero-order valence-electron chi connectivity index (χ0n) is 14.9. The summed E-state index contributed by atoms with van der Waals surface area (Å²) in [6.07, 6.45) is 3.56. The molecule has 1 saturated heterocycles. The van der Waals surface area contributed by atoms with E-state index < -0.39 is 16.1 Å². The van der Waals surface area contributed by atoms with E-state index in [9.17, 15) is 4.79 Å². The first-order valence-electron chi connectivity index (χ1n) is 8.30. The van der Waals surface area contributed by atoms with Gasteiger partial charge in [-0.1, -0.05) is 45.7 Å². The first kappa shape index (κ1) is 17.5. The van der Waals surface area contributed by atoms with Crippen LogP contribution in [0.25, 0.3) is 0 Å². The first-order valence-corrected chi connectivity index (χ1v) is 15.3. The quantitative estimate of drug-likeness (QED) is 0.858. The van der Waals surface area contributed by atoms with Crippen LogP contribution in [0.2, 0.25) is 39.3 Å². The van der Waals surface area contributed by atoms with E-state index in [-0.39, 0.29) is 5.91 Å². The number of carbonyl (C=O) groups is 1. The SMILES string of the molecule is C[Si](C)(C)c1cc([Si](C)(C)C)c(C(=O)NN2CCCCC2)o1. The molecule has 1 aliphatic rings. The van der Waals surface area contributed by atoms with Crippen LogP contribution in [0.3, 0.4) is 0 Å². The highest BCUT2D eigenvalue weighted by Gasteiger charge is 2.32. The maximum Gasteiger partial charge on any atom is 0.301 e. The molecule has 1 aliphatic heterocycles. The van der Waals surface area contributed by atoms with Crippen molar-refractivity contribution in [2.75, 3.05) is 13.1 Å². The monoisotopic (exact) mass is 338 g/mol. The highest BCUT2D eigenvalue weighted by Crippen LogP contribution is 2.13. The molecule has 6 heteroatoms. The van der Waals surface area contributed by atoms with Crippen LogP contribution in [0.5, 0.6) is 0 Å². The minimum absolute atomic E-state index is 0.0659. The van der Waals surface area contributed by atoms with Crippen LogP contribution in [0, 0.1) is 0 Å². The Morgan fingerprint density at radius 3 is 2.14 bits per heavy atom. The van der Waals surface area contributed by atoms with Gasteiger partial charge in [0.15, 0.2) is 5.76 Å². The average molecular weight is 339 g/mol. The van der Waals surface area contributed by atoms with Crippen molar-refractivity contribution in [1.29, 1.82) is 0 Å². The molecule has 4 nitrogen and oxygen atoms in total. The Bertz CT molecular complexity index is 535. The molecule has 0 saturated carbocycles. The van der Waals surface area contributed by atoms with Crippen LogP contribution in [0.4, 0.5) is 0 Å². The number of furan rings is 1. The molecule has 0 atom stereocenters. The van der Waals surface area contributed by atoms with Crippen molar-refractivity contribution in [3.05, 3.63) is 11.8 Å². The smallest absolute Gasteiger partial charge is 0.301 e. The van der Waals surface area contributed by atoms with E-state index in [0.29, 0.717) is 5.76 Å². The molecule has 0 unspecified atom stereocenters. The Hall–Kier alpha value is -0.856. The zero-order valence-corrected chi connectivity index (χ0v) is 16.9. The molecule has 0 spiro atoms. The maximum absolute atomic E-state index is 12.7. The molecule has 1 fully saturated rings. The summed E-state index contributed by atoms with van der Waals surface area (Å²) in [6, 6.07) is 2.17. The number of hydrogen-bond donors (Lipinski definition) is 1. The number of hydrogen-bond acceptors (Lipinski definition) is 3. The first-order chi connectivity index (χ1) is 10.1. The molecule has 1 aromatic rings. The van der Waals surface area contributed by atoms with Crippen LogP contribution in [0.15, 0.2) is 10.5 Å². The topological polar surface area (TPSA) is 45.5 Å². The van der Waals surface area contributed by atoms with Crippen molar-refractivity contribution in [2.24, 2.45) is 0 Å². The molecule has 0 aromatic carbocycles. The number of nitrogens with zero attached hydrogens (tertiary/aromatic N) is 1. The van der Waals surface area contributed by atoms with Gasteiger partial charge in [-0.3, -0.25) is 10.2 Å². The average Bonchev–Trinajstić information content (AvgIpc) is 2.84. The molecule has 0 radical (unpaired) electrons. The molecule has 1 amide bonds. The van der Waals surface area contributed by atoms with Gasteiger partial charge in [0.25, 0.3) is 0 Å². The van der Waals surface area contributed by atoms with Gasteiger partial charge in [0.05, 0.1) is 13.5 Å². The minimum Gasteiger partial charge on any atom is -0.461 e. The van der Waals surface area contributed by atoms with Crippen molar-refractivity contribution in [3.8, 4) is 0 Å². The van der Waals surface area contributed by atoms with Crippen LogP contribution in [0.1, 0.15) is 29.8 Å². The lowest BCUT2D eigenvalue weighted by Gasteiger charge is -2.27. The molecular formula is C16H30N2O2Si2. The van der Waals surface area contributed by atoms with Crippen LogP contribution in [-0.4, -0.2) is 40.2 Å². The molecule has 1 aromatic heterocycles. The highest BCUT2D eigenvalue weighted by molar-refractivity contribution is 6.91. The Labute approximate surface area is 136 Å². The summed E-state index contributed by atoms with van der Waals surface area (Å²) in [7, 11) is -3.17. The molecule has 0 aliphatic carbocycles. The maximum atomic E-state index is 12.7. The predicted molar refractivity (Wildman–Crippen MR) is 97.6 cm³/mol. The number of carbonyl (C=O) groups excluding carboxylic acids is 1. The lowest BCUT2D eigenvalue weighted by Crippen LogP contribution is -2.48. The van der Waals surface area contributed by atoms with E-state index in [1.54, 1.807) is 0 Å². The van der Waals surface area contributed by atoms with Gasteiger partial charge >= 0.3 is 5.91 Å². The van der Waals surface area contributed by atoms with Crippen molar-refractivity contribution in [1.82, 2.24) is 10.4 Å². The summed E-state index contributed by atoms with van der Waals surface area (Å²) >= 11 is 0. The highest BCUT2D eigenvalue weighted by atomic mass is 28.3. The van der Waals surface area contributed by atoms with Gasteiger partial charge in [0.1, 0.15) is 8.07 Å². The molecule has 0 bridgehead atoms. The van der Waals surface area contributed by atoms with Gasteiger partial charge in [-0.25, -0.2) is 5.01 Å². The van der Waals surface area contributed by atoms with Gasteiger partial charge in [-0.15, -0.1) is 0 Å².